The molecule has 1 saturated carbocycles. The Balaban J connectivity index is 1.34. The Kier molecular flexibility index (Phi) is 14.7. The number of rotatable bonds is 18. The molecule has 13 nitrogen and oxygen atoms in total. The number of benzene rings is 1. The predicted octanol–water partition coefficient (Wildman–Crippen LogP) is 2.25. The maximum absolute atomic E-state index is 14.2. The number of amides is 2. The standard InChI is InChI=1S/C38H55N7O6S/c39-30-16-19-45(20-17-30)52(50,51)25-29(21-27-9-3-1-4-10-27)37(48)44-34(23-32-24-40-26-42-32)38(49)43-33(22-28-11-5-2-6-12-28)36(47)35(46)15-14-31-13-7-8-18-41-31/h1,3-4,7-10,13,18,24,26,28-30,33-36,46-47H,2,5-6,11-12,14-17,19-23,25,39H2,(H,40,42)(H,43,49)(H,44,48)/t29-,33+,34+,35+,36-/m1/s1. The number of aliphatic hydroxyl groups excluding tert-OH is 2. The smallest absolute Gasteiger partial charge is 0.243 e. The van der Waals surface area contributed by atoms with Crippen LogP contribution < -0.4 is 16.4 Å². The predicted molar refractivity (Wildman–Crippen MR) is 198 cm³/mol. The van der Waals surface area contributed by atoms with E-state index in [1.165, 1.54) is 10.6 Å². The van der Waals surface area contributed by atoms with Gasteiger partial charge in [-0.05, 0) is 62.1 Å². The van der Waals surface area contributed by atoms with Crippen LogP contribution >= 0.6 is 0 Å². The maximum atomic E-state index is 14.2. The molecule has 0 bridgehead atoms. The molecular formula is C38H55N7O6S. The number of nitrogens with zero attached hydrogens (tertiary/aromatic N) is 3. The van der Waals surface area contributed by atoms with Crippen molar-refractivity contribution in [3.63, 3.8) is 0 Å². The second kappa shape index (κ2) is 19.4. The molecule has 3 heterocycles. The van der Waals surface area contributed by atoms with Crippen molar-refractivity contribution in [2.45, 2.75) is 107 Å². The maximum Gasteiger partial charge on any atom is 0.243 e. The summed E-state index contributed by atoms with van der Waals surface area (Å²) in [5.74, 6) is -2.25. The number of aromatic nitrogens is 3. The summed E-state index contributed by atoms with van der Waals surface area (Å²) in [6, 6.07) is 12.8. The monoisotopic (exact) mass is 737 g/mol. The minimum absolute atomic E-state index is 0.0564. The fourth-order valence-corrected chi connectivity index (χ4v) is 9.14. The molecule has 284 valence electrons. The Morgan fingerprint density at radius 3 is 2.35 bits per heavy atom. The largest absolute Gasteiger partial charge is 0.390 e. The van der Waals surface area contributed by atoms with E-state index in [2.05, 4.69) is 25.6 Å². The molecule has 1 saturated heterocycles. The summed E-state index contributed by atoms with van der Waals surface area (Å²) in [5, 5.41) is 28.5. The molecule has 2 amide bonds. The third-order valence-electron chi connectivity index (χ3n) is 10.5. The number of carbonyl (C=O) groups is 2. The molecule has 2 aliphatic rings. The molecule has 2 aromatic heterocycles. The van der Waals surface area contributed by atoms with E-state index in [9.17, 15) is 28.2 Å². The van der Waals surface area contributed by atoms with Gasteiger partial charge in [0, 0.05) is 49.3 Å². The van der Waals surface area contributed by atoms with Gasteiger partial charge in [0.05, 0.1) is 30.1 Å². The van der Waals surface area contributed by atoms with Crippen molar-refractivity contribution >= 4 is 21.8 Å². The van der Waals surface area contributed by atoms with Crippen LogP contribution in [-0.4, -0.2) is 98.9 Å². The Labute approximate surface area is 307 Å². The van der Waals surface area contributed by atoms with Gasteiger partial charge in [0.25, 0.3) is 0 Å². The molecule has 0 unspecified atom stereocenters. The van der Waals surface area contributed by atoms with Gasteiger partial charge >= 0.3 is 0 Å². The molecule has 5 rings (SSSR count). The van der Waals surface area contributed by atoms with Gasteiger partial charge in [0.1, 0.15) is 12.1 Å². The minimum atomic E-state index is -3.82. The number of nitrogens with one attached hydrogen (secondary N) is 3. The van der Waals surface area contributed by atoms with Gasteiger partial charge in [-0.25, -0.2) is 17.7 Å². The number of carbonyl (C=O) groups excluding carboxylic acids is 2. The third kappa shape index (κ3) is 11.9. The lowest BCUT2D eigenvalue weighted by Crippen LogP contribution is -2.57. The first kappa shape index (κ1) is 39.5. The highest BCUT2D eigenvalue weighted by molar-refractivity contribution is 7.89. The molecule has 0 radical (unpaired) electrons. The second-order valence-electron chi connectivity index (χ2n) is 14.5. The minimum Gasteiger partial charge on any atom is -0.390 e. The SMILES string of the molecule is NC1CCN(S(=O)(=O)C[C@@H](Cc2ccccc2)C(=O)N[C@@H](Cc2cnc[nH]2)C(=O)N[C@@H](CC2CCCCC2)[C@@H](O)[C@@H](O)CCc2ccccn2)CC1. The number of sulfonamides is 1. The van der Waals surface area contributed by atoms with Crippen molar-refractivity contribution in [3.8, 4) is 0 Å². The molecule has 1 aromatic carbocycles. The first-order chi connectivity index (χ1) is 25.1. The van der Waals surface area contributed by atoms with E-state index in [-0.39, 0.29) is 31.2 Å². The van der Waals surface area contributed by atoms with E-state index in [0.29, 0.717) is 44.5 Å². The Morgan fingerprint density at radius 2 is 1.67 bits per heavy atom. The van der Waals surface area contributed by atoms with Gasteiger partial charge in [-0.15, -0.1) is 0 Å². The molecule has 2 fully saturated rings. The lowest BCUT2D eigenvalue weighted by molar-refractivity contribution is -0.132. The average molecular weight is 738 g/mol. The molecule has 5 atom stereocenters. The number of hydrogen-bond donors (Lipinski definition) is 6. The van der Waals surface area contributed by atoms with Crippen molar-refractivity contribution in [2.24, 2.45) is 17.6 Å². The highest BCUT2D eigenvalue weighted by Crippen LogP contribution is 2.29. The van der Waals surface area contributed by atoms with E-state index in [1.54, 1.807) is 12.4 Å². The highest BCUT2D eigenvalue weighted by Gasteiger charge is 2.36. The number of pyridine rings is 1. The molecular weight excluding hydrogens is 683 g/mol. The van der Waals surface area contributed by atoms with Crippen molar-refractivity contribution < 1.29 is 28.2 Å². The highest BCUT2D eigenvalue weighted by atomic mass is 32.2. The number of aryl methyl sites for hydroxylation is 1. The molecule has 3 aromatic rings. The molecule has 0 spiro atoms. The van der Waals surface area contributed by atoms with E-state index in [0.717, 1.165) is 43.4 Å². The topological polar surface area (TPSA) is 204 Å². The zero-order chi connectivity index (χ0) is 36.9. The van der Waals surface area contributed by atoms with E-state index < -0.39 is 57.8 Å². The van der Waals surface area contributed by atoms with Gasteiger partial charge in [-0.2, -0.15) is 0 Å². The summed E-state index contributed by atoms with van der Waals surface area (Å²) in [4.78, 5) is 39.7. The van der Waals surface area contributed by atoms with E-state index in [4.69, 9.17) is 5.73 Å². The van der Waals surface area contributed by atoms with Crippen molar-refractivity contribution in [1.29, 1.82) is 0 Å². The van der Waals surface area contributed by atoms with Crippen molar-refractivity contribution in [3.05, 3.63) is 84.2 Å². The van der Waals surface area contributed by atoms with Gasteiger partial charge in [0.15, 0.2) is 0 Å². The fourth-order valence-electron chi connectivity index (χ4n) is 7.38. The Morgan fingerprint density at radius 1 is 0.942 bits per heavy atom. The number of aliphatic hydroxyl groups is 2. The van der Waals surface area contributed by atoms with Crippen LogP contribution in [0.25, 0.3) is 0 Å². The summed E-state index contributed by atoms with van der Waals surface area (Å²) >= 11 is 0. The van der Waals surface area contributed by atoms with Gasteiger partial charge in [-0.3, -0.25) is 14.6 Å². The summed E-state index contributed by atoms with van der Waals surface area (Å²) in [5.41, 5.74) is 8.21. The quantitative estimate of drug-likeness (QED) is 0.113. The molecule has 14 heteroatoms. The van der Waals surface area contributed by atoms with Crippen LogP contribution in [0.2, 0.25) is 0 Å². The lowest BCUT2D eigenvalue weighted by atomic mass is 9.82. The average Bonchev–Trinajstić information content (AvgIpc) is 3.67. The molecule has 7 N–H and O–H groups in total. The number of aromatic amines is 1. The first-order valence-electron chi connectivity index (χ1n) is 18.7. The summed E-state index contributed by atoms with van der Waals surface area (Å²) in [6.07, 6.45) is 10.1. The van der Waals surface area contributed by atoms with Crippen LogP contribution in [0.1, 0.15) is 74.7 Å². The normalized spacial score (nSPS) is 19.3. The lowest BCUT2D eigenvalue weighted by Gasteiger charge is -2.33. The Bertz CT molecular complexity index is 1620. The number of nitrogens with two attached hydrogens (primary N) is 1. The molecule has 1 aliphatic carbocycles. The van der Waals surface area contributed by atoms with Crippen LogP contribution in [0.15, 0.2) is 67.3 Å². The summed E-state index contributed by atoms with van der Waals surface area (Å²) < 4.78 is 28.7. The van der Waals surface area contributed by atoms with Gasteiger partial charge in [-0.1, -0.05) is 68.5 Å². The number of H-pyrrole nitrogens is 1. The molecule has 52 heavy (non-hydrogen) atoms. The zero-order valence-corrected chi connectivity index (χ0v) is 30.7. The van der Waals surface area contributed by atoms with Crippen LogP contribution in [0.4, 0.5) is 0 Å². The van der Waals surface area contributed by atoms with E-state index in [1.807, 2.05) is 48.5 Å². The van der Waals surface area contributed by atoms with Crippen LogP contribution in [0.3, 0.4) is 0 Å². The Hall–Kier alpha value is -3.69. The first-order valence-corrected chi connectivity index (χ1v) is 20.3. The van der Waals surface area contributed by atoms with E-state index >= 15 is 0 Å². The van der Waals surface area contributed by atoms with Gasteiger partial charge in [0.2, 0.25) is 21.8 Å². The number of imidazole rings is 1. The van der Waals surface area contributed by atoms with Crippen molar-refractivity contribution in [2.75, 3.05) is 18.8 Å². The van der Waals surface area contributed by atoms with Crippen LogP contribution in [0, 0.1) is 11.8 Å². The fraction of sp³-hybridized carbons (Fsp3) is 0.579. The summed E-state index contributed by atoms with van der Waals surface area (Å²) in [6.45, 7) is 0.596. The number of hydrogen-bond acceptors (Lipinski definition) is 9. The van der Waals surface area contributed by atoms with Gasteiger partial charge < -0.3 is 31.6 Å². The third-order valence-corrected chi connectivity index (χ3v) is 12.5. The number of piperidine rings is 1. The summed E-state index contributed by atoms with van der Waals surface area (Å²) in [7, 11) is -3.82. The second-order valence-corrected chi connectivity index (χ2v) is 16.5. The van der Waals surface area contributed by atoms with Crippen LogP contribution in [0.5, 0.6) is 0 Å². The molecule has 1 aliphatic heterocycles. The van der Waals surface area contributed by atoms with Crippen LogP contribution in [-0.2, 0) is 38.9 Å². The zero-order valence-electron chi connectivity index (χ0n) is 29.9. The van der Waals surface area contributed by atoms with Crippen molar-refractivity contribution in [1.82, 2.24) is 29.9 Å².